The minimum Gasteiger partial charge on any atom is -0.490 e. The van der Waals surface area contributed by atoms with E-state index in [1.165, 1.54) is 5.56 Å². The van der Waals surface area contributed by atoms with Gasteiger partial charge in [-0.15, -0.1) is 0 Å². The molecule has 0 unspecified atom stereocenters. The van der Waals surface area contributed by atoms with E-state index in [2.05, 4.69) is 29.4 Å². The van der Waals surface area contributed by atoms with Gasteiger partial charge in [0, 0.05) is 29.2 Å². The number of amides is 1. The Morgan fingerprint density at radius 3 is 2.72 bits per heavy atom. The van der Waals surface area contributed by atoms with E-state index in [1.807, 2.05) is 12.3 Å². The number of ether oxygens (including phenoxy) is 2. The first-order valence-corrected chi connectivity index (χ1v) is 9.44. The van der Waals surface area contributed by atoms with Crippen molar-refractivity contribution in [3.8, 4) is 11.5 Å². The fourth-order valence-corrected chi connectivity index (χ4v) is 3.16. The molecule has 1 heterocycles. The molecule has 1 amide bonds. The van der Waals surface area contributed by atoms with Gasteiger partial charge < -0.3 is 24.9 Å². The summed E-state index contributed by atoms with van der Waals surface area (Å²) < 4.78 is 10.7. The number of H-pyrrole nitrogens is 1. The smallest absolute Gasteiger partial charge is 0.341 e. The van der Waals surface area contributed by atoms with Gasteiger partial charge >= 0.3 is 5.97 Å². The highest BCUT2D eigenvalue weighted by Gasteiger charge is 2.13. The van der Waals surface area contributed by atoms with Gasteiger partial charge in [-0.25, -0.2) is 4.79 Å². The monoisotopic (exact) mass is 396 g/mol. The van der Waals surface area contributed by atoms with Gasteiger partial charge in [0.25, 0.3) is 5.91 Å². The zero-order valence-corrected chi connectivity index (χ0v) is 16.5. The van der Waals surface area contributed by atoms with E-state index in [0.717, 1.165) is 16.5 Å². The Labute approximate surface area is 168 Å². The summed E-state index contributed by atoms with van der Waals surface area (Å²) >= 11 is 0. The molecule has 3 rings (SSSR count). The van der Waals surface area contributed by atoms with E-state index in [0.29, 0.717) is 36.6 Å². The van der Waals surface area contributed by atoms with Gasteiger partial charge in [0.05, 0.1) is 6.61 Å². The Kier molecular flexibility index (Phi) is 6.39. The maximum atomic E-state index is 12.5. The molecule has 0 saturated carbocycles. The standard InChI is InChI=1S/C22H24N2O5/c1-3-28-19-11-15(7-8-18(19)29-13-20(25)26)22(27)23-10-9-16-12-24-21-14(2)5-4-6-17(16)21/h4-8,11-12,24H,3,9-10,13H2,1-2H3,(H,23,27)(H,25,26). The first-order valence-electron chi connectivity index (χ1n) is 9.44. The number of carbonyl (C=O) groups excluding carboxylic acids is 1. The average molecular weight is 396 g/mol. The molecule has 0 atom stereocenters. The molecule has 3 aromatic rings. The van der Waals surface area contributed by atoms with E-state index < -0.39 is 12.6 Å². The predicted molar refractivity (Wildman–Crippen MR) is 110 cm³/mol. The highest BCUT2D eigenvalue weighted by Crippen LogP contribution is 2.28. The van der Waals surface area contributed by atoms with Crippen LogP contribution in [-0.2, 0) is 11.2 Å². The first kappa shape index (κ1) is 20.3. The molecule has 0 fully saturated rings. The summed E-state index contributed by atoms with van der Waals surface area (Å²) in [4.78, 5) is 26.5. The van der Waals surface area contributed by atoms with E-state index in [1.54, 1.807) is 25.1 Å². The topological polar surface area (TPSA) is 101 Å². The number of aromatic nitrogens is 1. The van der Waals surface area contributed by atoms with Crippen LogP contribution in [0.25, 0.3) is 10.9 Å². The first-order chi connectivity index (χ1) is 14.0. The number of nitrogens with one attached hydrogen (secondary N) is 2. The van der Waals surface area contributed by atoms with Crippen LogP contribution in [-0.4, -0.2) is 41.7 Å². The number of para-hydroxylation sites is 1. The third-order valence-electron chi connectivity index (χ3n) is 4.55. The Hall–Kier alpha value is -3.48. The SMILES string of the molecule is CCOc1cc(C(=O)NCCc2c[nH]c3c(C)cccc23)ccc1OCC(=O)O. The average Bonchev–Trinajstić information content (AvgIpc) is 3.11. The van der Waals surface area contributed by atoms with Gasteiger partial charge in [-0.3, -0.25) is 4.79 Å². The van der Waals surface area contributed by atoms with Crippen LogP contribution in [0.5, 0.6) is 11.5 Å². The number of aryl methyl sites for hydroxylation is 1. The van der Waals surface area contributed by atoms with Crippen molar-refractivity contribution in [1.82, 2.24) is 10.3 Å². The van der Waals surface area contributed by atoms with Crippen molar-refractivity contribution in [2.45, 2.75) is 20.3 Å². The third kappa shape index (κ3) is 4.87. The number of rotatable bonds is 9. The number of carbonyl (C=O) groups is 2. The van der Waals surface area contributed by atoms with Crippen LogP contribution in [0.2, 0.25) is 0 Å². The van der Waals surface area contributed by atoms with E-state index >= 15 is 0 Å². The lowest BCUT2D eigenvalue weighted by molar-refractivity contribution is -0.139. The van der Waals surface area contributed by atoms with Crippen molar-refractivity contribution in [3.63, 3.8) is 0 Å². The molecule has 29 heavy (non-hydrogen) atoms. The van der Waals surface area contributed by atoms with Gasteiger partial charge in [-0.05, 0) is 49.6 Å². The van der Waals surface area contributed by atoms with Gasteiger partial charge in [0.15, 0.2) is 18.1 Å². The lowest BCUT2D eigenvalue weighted by Gasteiger charge is -2.12. The van der Waals surface area contributed by atoms with Gasteiger partial charge in [0.1, 0.15) is 0 Å². The van der Waals surface area contributed by atoms with Crippen molar-refractivity contribution >= 4 is 22.8 Å². The fraction of sp³-hybridized carbons (Fsp3) is 0.273. The Balaban J connectivity index is 1.64. The van der Waals surface area contributed by atoms with Crippen LogP contribution in [0.15, 0.2) is 42.6 Å². The van der Waals surface area contributed by atoms with Crippen molar-refractivity contribution in [3.05, 3.63) is 59.3 Å². The van der Waals surface area contributed by atoms with Crippen molar-refractivity contribution in [1.29, 1.82) is 0 Å². The molecule has 0 aliphatic carbocycles. The predicted octanol–water partition coefficient (Wildman–Crippen LogP) is 3.31. The highest BCUT2D eigenvalue weighted by atomic mass is 16.5. The fourth-order valence-electron chi connectivity index (χ4n) is 3.16. The molecule has 2 aromatic carbocycles. The molecular formula is C22H24N2O5. The molecule has 1 aromatic heterocycles. The quantitative estimate of drug-likeness (QED) is 0.515. The second-order valence-corrected chi connectivity index (χ2v) is 6.59. The van der Waals surface area contributed by atoms with Crippen molar-refractivity contribution in [2.24, 2.45) is 0 Å². The normalized spacial score (nSPS) is 10.7. The lowest BCUT2D eigenvalue weighted by atomic mass is 10.1. The summed E-state index contributed by atoms with van der Waals surface area (Å²) in [6, 6.07) is 10.8. The number of fused-ring (bicyclic) bond motifs is 1. The zero-order valence-electron chi connectivity index (χ0n) is 16.5. The second kappa shape index (κ2) is 9.14. The third-order valence-corrected chi connectivity index (χ3v) is 4.55. The largest absolute Gasteiger partial charge is 0.490 e. The molecule has 0 spiro atoms. The minimum absolute atomic E-state index is 0.230. The molecule has 7 nitrogen and oxygen atoms in total. The van der Waals surface area contributed by atoms with Crippen LogP contribution < -0.4 is 14.8 Å². The Morgan fingerprint density at radius 1 is 1.14 bits per heavy atom. The van der Waals surface area contributed by atoms with Crippen LogP contribution in [0.1, 0.15) is 28.4 Å². The summed E-state index contributed by atoms with van der Waals surface area (Å²) in [5, 5.41) is 12.8. The van der Waals surface area contributed by atoms with Crippen molar-refractivity contribution < 1.29 is 24.2 Å². The van der Waals surface area contributed by atoms with Crippen LogP contribution in [0.4, 0.5) is 0 Å². The number of hydrogen-bond donors (Lipinski definition) is 3. The molecule has 0 aliphatic rings. The second-order valence-electron chi connectivity index (χ2n) is 6.59. The molecular weight excluding hydrogens is 372 g/mol. The van der Waals surface area contributed by atoms with Gasteiger partial charge in [0.2, 0.25) is 0 Å². The molecule has 0 radical (unpaired) electrons. The summed E-state index contributed by atoms with van der Waals surface area (Å²) in [5.41, 5.74) is 3.88. The summed E-state index contributed by atoms with van der Waals surface area (Å²) in [6.45, 7) is 4.24. The Bertz CT molecular complexity index is 1030. The van der Waals surface area contributed by atoms with E-state index in [4.69, 9.17) is 14.6 Å². The molecule has 0 bridgehead atoms. The molecule has 0 saturated heterocycles. The number of benzene rings is 2. The van der Waals surface area contributed by atoms with E-state index in [9.17, 15) is 9.59 Å². The van der Waals surface area contributed by atoms with Gasteiger partial charge in [-0.1, -0.05) is 18.2 Å². The summed E-state index contributed by atoms with van der Waals surface area (Å²) in [7, 11) is 0. The Morgan fingerprint density at radius 2 is 1.97 bits per heavy atom. The number of carboxylic acids is 1. The van der Waals surface area contributed by atoms with Crippen LogP contribution in [0, 0.1) is 6.92 Å². The highest BCUT2D eigenvalue weighted by molar-refractivity contribution is 5.95. The summed E-state index contributed by atoms with van der Waals surface area (Å²) in [5.74, 6) is -0.679. The van der Waals surface area contributed by atoms with Crippen LogP contribution >= 0.6 is 0 Å². The van der Waals surface area contributed by atoms with Crippen LogP contribution in [0.3, 0.4) is 0 Å². The maximum Gasteiger partial charge on any atom is 0.341 e. The van der Waals surface area contributed by atoms with E-state index in [-0.39, 0.29) is 5.91 Å². The molecule has 152 valence electrons. The van der Waals surface area contributed by atoms with Gasteiger partial charge in [-0.2, -0.15) is 0 Å². The number of aromatic amines is 1. The molecule has 3 N–H and O–H groups in total. The zero-order chi connectivity index (χ0) is 20.8. The number of aliphatic carboxylic acids is 1. The number of carboxylic acid groups (broad SMARTS) is 1. The van der Waals surface area contributed by atoms with Crippen molar-refractivity contribution in [2.75, 3.05) is 19.8 Å². The maximum absolute atomic E-state index is 12.5. The minimum atomic E-state index is -1.08. The molecule has 7 heteroatoms. The lowest BCUT2D eigenvalue weighted by Crippen LogP contribution is -2.25. The summed E-state index contributed by atoms with van der Waals surface area (Å²) in [6.07, 6.45) is 2.68. The number of hydrogen-bond acceptors (Lipinski definition) is 4. The molecule has 0 aliphatic heterocycles.